The number of hydrogen-bond acceptors (Lipinski definition) is 5. The van der Waals surface area contributed by atoms with Crippen LogP contribution in [0.25, 0.3) is 0 Å². The van der Waals surface area contributed by atoms with Crippen LogP contribution in [0.4, 0.5) is 11.8 Å². The lowest BCUT2D eigenvalue weighted by atomic mass is 9.89. The molecule has 0 spiro atoms. The van der Waals surface area contributed by atoms with Crippen molar-refractivity contribution in [3.05, 3.63) is 6.07 Å². The second kappa shape index (κ2) is 6.08. The summed E-state index contributed by atoms with van der Waals surface area (Å²) in [5.41, 5.74) is 5.73. The zero-order valence-corrected chi connectivity index (χ0v) is 12.1. The van der Waals surface area contributed by atoms with E-state index in [2.05, 4.69) is 28.7 Å². The van der Waals surface area contributed by atoms with Gasteiger partial charge in [0.1, 0.15) is 5.82 Å². The highest BCUT2D eigenvalue weighted by atomic mass is 16.5. The Balaban J connectivity index is 2.11. The number of nitrogens with two attached hydrogens (primary N) is 1. The van der Waals surface area contributed by atoms with Crippen LogP contribution in [0.3, 0.4) is 0 Å². The number of methoxy groups -OCH3 is 1. The first kappa shape index (κ1) is 13.9. The molecule has 1 atom stereocenters. The van der Waals surface area contributed by atoms with Gasteiger partial charge >= 0.3 is 0 Å². The smallest absolute Gasteiger partial charge is 0.225 e. The zero-order chi connectivity index (χ0) is 13.8. The van der Waals surface area contributed by atoms with Crippen molar-refractivity contribution in [1.82, 2.24) is 9.97 Å². The minimum absolute atomic E-state index is 0.277. The lowest BCUT2D eigenvalue weighted by Gasteiger charge is -2.22. The molecule has 1 aromatic heterocycles. The summed E-state index contributed by atoms with van der Waals surface area (Å²) in [6.45, 7) is 6.68. The highest BCUT2D eigenvalue weighted by Gasteiger charge is 2.20. The molecule has 1 aromatic rings. The summed E-state index contributed by atoms with van der Waals surface area (Å²) in [7, 11) is 1.60. The lowest BCUT2D eigenvalue weighted by molar-refractivity contribution is 0.351. The van der Waals surface area contributed by atoms with Crippen LogP contribution in [0.2, 0.25) is 0 Å². The van der Waals surface area contributed by atoms with E-state index in [0.29, 0.717) is 5.88 Å². The third-order valence-electron chi connectivity index (χ3n) is 3.96. The van der Waals surface area contributed by atoms with Crippen LogP contribution >= 0.6 is 0 Å². The Morgan fingerprint density at radius 2 is 2.11 bits per heavy atom. The first-order valence-electron chi connectivity index (χ1n) is 7.03. The Labute approximate surface area is 115 Å². The quantitative estimate of drug-likeness (QED) is 0.907. The van der Waals surface area contributed by atoms with Crippen molar-refractivity contribution in [2.75, 3.05) is 30.8 Å². The van der Waals surface area contributed by atoms with E-state index in [0.717, 1.165) is 30.7 Å². The van der Waals surface area contributed by atoms with Crippen molar-refractivity contribution in [3.63, 3.8) is 0 Å². The van der Waals surface area contributed by atoms with Gasteiger partial charge in [-0.25, -0.2) is 0 Å². The van der Waals surface area contributed by atoms with Crippen LogP contribution in [0, 0.1) is 11.8 Å². The van der Waals surface area contributed by atoms with Crippen LogP contribution in [0.1, 0.15) is 33.1 Å². The summed E-state index contributed by atoms with van der Waals surface area (Å²) in [5, 5.41) is 0. The first-order valence-corrected chi connectivity index (χ1v) is 7.03. The number of aromatic nitrogens is 2. The van der Waals surface area contributed by atoms with E-state index in [4.69, 9.17) is 10.5 Å². The molecule has 1 aliphatic rings. The second-order valence-corrected chi connectivity index (χ2v) is 5.55. The third-order valence-corrected chi connectivity index (χ3v) is 3.96. The fraction of sp³-hybridized carbons (Fsp3) is 0.714. The normalized spacial score (nSPS) is 20.4. The molecular formula is C14H24N4O. The summed E-state index contributed by atoms with van der Waals surface area (Å²) in [6, 6.07) is 1.87. The topological polar surface area (TPSA) is 64.3 Å². The molecule has 0 aromatic carbocycles. The van der Waals surface area contributed by atoms with Crippen molar-refractivity contribution in [3.8, 4) is 5.88 Å². The summed E-state index contributed by atoms with van der Waals surface area (Å²) >= 11 is 0. The number of ether oxygens (including phenoxy) is 1. The van der Waals surface area contributed by atoms with E-state index in [1.165, 1.54) is 19.3 Å². The Kier molecular flexibility index (Phi) is 4.45. The summed E-state index contributed by atoms with van der Waals surface area (Å²) in [4.78, 5) is 10.7. The summed E-state index contributed by atoms with van der Waals surface area (Å²) in [6.07, 6.45) is 3.71. The van der Waals surface area contributed by atoms with E-state index in [-0.39, 0.29) is 5.95 Å². The van der Waals surface area contributed by atoms with Gasteiger partial charge in [0, 0.05) is 19.2 Å². The molecule has 2 N–H and O–H groups in total. The van der Waals surface area contributed by atoms with E-state index in [1.54, 1.807) is 7.11 Å². The van der Waals surface area contributed by atoms with Gasteiger partial charge in [0.05, 0.1) is 7.11 Å². The molecule has 0 radical (unpaired) electrons. The molecule has 0 saturated carbocycles. The van der Waals surface area contributed by atoms with Gasteiger partial charge in [-0.2, -0.15) is 9.97 Å². The molecule has 1 unspecified atom stereocenters. The minimum atomic E-state index is 0.277. The molecule has 1 aliphatic heterocycles. The monoisotopic (exact) mass is 264 g/mol. The van der Waals surface area contributed by atoms with Gasteiger partial charge in [0.2, 0.25) is 11.8 Å². The number of nitrogens with zero attached hydrogens (tertiary/aromatic N) is 3. The molecule has 2 heterocycles. The molecule has 0 amide bonds. The first-order chi connectivity index (χ1) is 9.10. The Morgan fingerprint density at radius 1 is 1.32 bits per heavy atom. The Bertz CT molecular complexity index is 422. The number of anilines is 2. The van der Waals surface area contributed by atoms with Gasteiger partial charge in [-0.3, -0.25) is 0 Å². The lowest BCUT2D eigenvalue weighted by Crippen LogP contribution is -2.26. The van der Waals surface area contributed by atoms with Crippen molar-refractivity contribution < 1.29 is 4.74 Å². The van der Waals surface area contributed by atoms with E-state index in [1.807, 2.05) is 6.07 Å². The number of hydrogen-bond donors (Lipinski definition) is 1. The van der Waals surface area contributed by atoms with Crippen LogP contribution in [-0.4, -0.2) is 30.2 Å². The van der Waals surface area contributed by atoms with Crippen LogP contribution in [0.5, 0.6) is 5.88 Å². The van der Waals surface area contributed by atoms with Gasteiger partial charge in [0.25, 0.3) is 0 Å². The van der Waals surface area contributed by atoms with Crippen molar-refractivity contribution >= 4 is 11.8 Å². The molecule has 5 nitrogen and oxygen atoms in total. The Morgan fingerprint density at radius 3 is 2.79 bits per heavy atom. The van der Waals surface area contributed by atoms with E-state index in [9.17, 15) is 0 Å². The van der Waals surface area contributed by atoms with Gasteiger partial charge < -0.3 is 15.4 Å². The van der Waals surface area contributed by atoms with Gasteiger partial charge in [0.15, 0.2) is 0 Å². The maximum atomic E-state index is 5.73. The standard InChI is InChI=1S/C14H24N4O/c1-10(2)11-5-4-7-18(8-6-11)12-9-13(19-3)17-14(15)16-12/h9-11H,4-8H2,1-3H3,(H2,15,16,17). The largest absolute Gasteiger partial charge is 0.481 e. The van der Waals surface area contributed by atoms with Gasteiger partial charge in [-0.1, -0.05) is 13.8 Å². The zero-order valence-electron chi connectivity index (χ0n) is 12.1. The minimum Gasteiger partial charge on any atom is -0.481 e. The SMILES string of the molecule is COc1cc(N2CCCC(C(C)C)CC2)nc(N)n1. The van der Waals surface area contributed by atoms with Crippen LogP contribution in [0.15, 0.2) is 6.07 Å². The fourth-order valence-electron chi connectivity index (χ4n) is 2.71. The van der Waals surface area contributed by atoms with Gasteiger partial charge in [-0.15, -0.1) is 0 Å². The summed E-state index contributed by atoms with van der Waals surface area (Å²) < 4.78 is 5.16. The fourth-order valence-corrected chi connectivity index (χ4v) is 2.71. The molecule has 5 heteroatoms. The molecule has 0 bridgehead atoms. The number of nitrogen functional groups attached to an aromatic ring is 1. The highest BCUT2D eigenvalue weighted by molar-refractivity contribution is 5.45. The van der Waals surface area contributed by atoms with Crippen LogP contribution < -0.4 is 15.4 Å². The van der Waals surface area contributed by atoms with Crippen molar-refractivity contribution in [2.45, 2.75) is 33.1 Å². The maximum absolute atomic E-state index is 5.73. The Hall–Kier alpha value is -1.52. The third kappa shape index (κ3) is 3.49. The van der Waals surface area contributed by atoms with Crippen molar-refractivity contribution in [1.29, 1.82) is 0 Å². The molecule has 106 valence electrons. The number of rotatable bonds is 3. The molecule has 1 fully saturated rings. The average molecular weight is 264 g/mol. The average Bonchev–Trinajstić information content (AvgIpc) is 2.63. The predicted octanol–water partition coefficient (Wildman–Crippen LogP) is 2.33. The second-order valence-electron chi connectivity index (χ2n) is 5.55. The molecule has 0 aliphatic carbocycles. The molecule has 1 saturated heterocycles. The molecular weight excluding hydrogens is 240 g/mol. The van der Waals surface area contributed by atoms with Gasteiger partial charge in [-0.05, 0) is 31.1 Å². The predicted molar refractivity (Wildman–Crippen MR) is 77.4 cm³/mol. The maximum Gasteiger partial charge on any atom is 0.225 e. The van der Waals surface area contributed by atoms with Crippen LogP contribution in [-0.2, 0) is 0 Å². The summed E-state index contributed by atoms with van der Waals surface area (Å²) in [5.74, 6) is 3.26. The highest BCUT2D eigenvalue weighted by Crippen LogP contribution is 2.27. The van der Waals surface area contributed by atoms with E-state index < -0.39 is 0 Å². The van der Waals surface area contributed by atoms with E-state index >= 15 is 0 Å². The van der Waals surface area contributed by atoms with Crippen molar-refractivity contribution in [2.24, 2.45) is 11.8 Å². The molecule has 19 heavy (non-hydrogen) atoms. The molecule has 2 rings (SSSR count).